The quantitative estimate of drug-likeness (QED) is 0.132. The van der Waals surface area contributed by atoms with Crippen LogP contribution in [0.4, 0.5) is 28.4 Å². The first-order chi connectivity index (χ1) is 29.0. The number of para-hydroxylation sites is 3. The van der Waals surface area contributed by atoms with E-state index in [0.29, 0.717) is 0 Å². The molecule has 0 aromatic heterocycles. The summed E-state index contributed by atoms with van der Waals surface area (Å²) >= 11 is 0. The van der Waals surface area contributed by atoms with Crippen LogP contribution >= 0.6 is 0 Å². The molecule has 0 spiro atoms. The molecule has 0 saturated heterocycles. The Labute approximate surface area is 347 Å². The first kappa shape index (κ1) is 35.4. The molecule has 4 aliphatic rings. The molecule has 2 heterocycles. The number of rotatable bonds is 3. The van der Waals surface area contributed by atoms with E-state index in [1.807, 2.05) is 0 Å². The van der Waals surface area contributed by atoms with Crippen molar-refractivity contribution in [2.24, 2.45) is 0 Å². The molecule has 4 heteroatoms. The van der Waals surface area contributed by atoms with Crippen molar-refractivity contribution in [3.8, 4) is 11.5 Å². The van der Waals surface area contributed by atoms with E-state index in [9.17, 15) is 0 Å². The van der Waals surface area contributed by atoms with Crippen LogP contribution in [0.25, 0.3) is 21.5 Å². The molecule has 12 rings (SSSR count). The second-order valence-corrected chi connectivity index (χ2v) is 16.8. The van der Waals surface area contributed by atoms with Crippen LogP contribution in [0.2, 0.25) is 0 Å². The lowest BCUT2D eigenvalue weighted by Crippen LogP contribution is -2.59. The normalized spacial score (nSPS) is 15.2. The average Bonchev–Trinajstić information content (AvgIpc) is 3.29. The predicted octanol–water partition coefficient (Wildman–Crippen LogP) is 12.3. The van der Waals surface area contributed by atoms with Gasteiger partial charge in [-0.3, -0.25) is 0 Å². The van der Waals surface area contributed by atoms with Crippen molar-refractivity contribution in [3.05, 3.63) is 204 Å². The lowest BCUT2D eigenvalue weighted by atomic mass is 9.33. The fourth-order valence-corrected chi connectivity index (χ4v) is 10.4. The highest BCUT2D eigenvalue weighted by molar-refractivity contribution is 7.01. The molecule has 59 heavy (non-hydrogen) atoms. The molecular formula is C55H45BN2O. The summed E-state index contributed by atoms with van der Waals surface area (Å²) in [5.74, 6) is 1.88. The first-order valence-electron chi connectivity index (χ1n) is 21.0. The number of fused-ring (bicyclic) bond motifs is 10. The number of benzene rings is 8. The number of hydrogen-bond donors (Lipinski definition) is 0. The number of hydrogen-bond acceptors (Lipinski definition) is 3. The van der Waals surface area contributed by atoms with Crippen LogP contribution in [0.5, 0.6) is 11.5 Å². The maximum absolute atomic E-state index is 6.50. The first-order valence-corrected chi connectivity index (χ1v) is 21.0. The van der Waals surface area contributed by atoms with Gasteiger partial charge < -0.3 is 14.5 Å². The second kappa shape index (κ2) is 14.0. The fourth-order valence-electron chi connectivity index (χ4n) is 10.4. The molecular weight excluding hydrogens is 715 g/mol. The molecule has 0 amide bonds. The third kappa shape index (κ3) is 5.65. The van der Waals surface area contributed by atoms with E-state index in [-0.39, 0.29) is 12.1 Å². The average molecular weight is 761 g/mol. The highest BCUT2D eigenvalue weighted by atomic mass is 16.5. The summed E-state index contributed by atoms with van der Waals surface area (Å²) in [6.45, 7) is 4.85. The minimum Gasteiger partial charge on any atom is -0.458 e. The Hall–Kier alpha value is -6.78. The monoisotopic (exact) mass is 760 g/mol. The highest BCUT2D eigenvalue weighted by Crippen LogP contribution is 2.47. The van der Waals surface area contributed by atoms with E-state index in [1.165, 1.54) is 84.7 Å². The third-order valence-corrected chi connectivity index (χ3v) is 13.1. The van der Waals surface area contributed by atoms with E-state index in [2.05, 4.69) is 213 Å². The van der Waals surface area contributed by atoms with Gasteiger partial charge in [0.05, 0.1) is 0 Å². The molecule has 0 N–H and O–H groups in total. The van der Waals surface area contributed by atoms with E-state index >= 15 is 0 Å². The van der Waals surface area contributed by atoms with Gasteiger partial charge in [-0.15, -0.1) is 0 Å². The summed E-state index contributed by atoms with van der Waals surface area (Å²) in [6.07, 6.45) is 8.24. The molecule has 0 fully saturated rings. The fraction of sp³-hybridized carbons (Fsp3) is 0.127. The standard InChI is InChI=1S/C32H20BNO.C23H25N/c1-2-11-21(12-3-1)34-27-18-10-20-29-31(27)33(26-17-8-9-19-28(26)35-29)30-24-15-6-4-13-22(24)23-14-5-7-16-25(23)32(30)34;1-23(2)21-12-8-7-9-17(21)15-18-13-14-20(16-22(18)23)24(3)19-10-5-4-6-11-19/h1-20H;4-6,8,10-14,16H,7,9,15H2,1-3H3. The molecule has 0 saturated carbocycles. The largest absolute Gasteiger partial charge is 0.458 e. The van der Waals surface area contributed by atoms with Crippen LogP contribution in [0, 0.1) is 0 Å². The van der Waals surface area contributed by atoms with Gasteiger partial charge >= 0.3 is 0 Å². The highest BCUT2D eigenvalue weighted by Gasteiger charge is 2.43. The minimum atomic E-state index is 0.0906. The topological polar surface area (TPSA) is 15.7 Å². The minimum absolute atomic E-state index is 0.0906. The van der Waals surface area contributed by atoms with Gasteiger partial charge in [0.25, 0.3) is 6.71 Å². The Balaban J connectivity index is 0.000000145. The summed E-state index contributed by atoms with van der Waals surface area (Å²) in [5, 5.41) is 5.14. The zero-order valence-electron chi connectivity index (χ0n) is 33.8. The smallest absolute Gasteiger partial charge is 0.257 e. The van der Waals surface area contributed by atoms with E-state index < -0.39 is 0 Å². The molecule has 0 bridgehead atoms. The van der Waals surface area contributed by atoms with Gasteiger partial charge in [-0.1, -0.05) is 147 Å². The Bertz CT molecular complexity index is 3000. The Morgan fingerprint density at radius 3 is 2.07 bits per heavy atom. The van der Waals surface area contributed by atoms with Crippen LogP contribution in [-0.4, -0.2) is 13.8 Å². The summed E-state index contributed by atoms with van der Waals surface area (Å²) in [4.78, 5) is 4.72. The number of allylic oxidation sites excluding steroid dienone is 4. The van der Waals surface area contributed by atoms with Gasteiger partial charge in [0, 0.05) is 46.3 Å². The van der Waals surface area contributed by atoms with Gasteiger partial charge in [-0.05, 0) is 123 Å². The molecule has 0 unspecified atom stereocenters. The SMILES string of the molecule is CN(c1ccccc1)c1ccc2c(c1)C(C)(C)C1=C(CCC=C1)C2.c1ccc(N2c3cccc4c3B(c3ccccc3O4)c3c2c2ccccc2c2ccccc32)cc1. The van der Waals surface area contributed by atoms with Gasteiger partial charge in [0.15, 0.2) is 0 Å². The van der Waals surface area contributed by atoms with Gasteiger partial charge in [0.1, 0.15) is 11.5 Å². The summed E-state index contributed by atoms with van der Waals surface area (Å²) in [7, 11) is 2.15. The predicted molar refractivity (Wildman–Crippen MR) is 250 cm³/mol. The van der Waals surface area contributed by atoms with Crippen molar-refractivity contribution in [1.82, 2.24) is 0 Å². The summed E-state index contributed by atoms with van der Waals surface area (Å²) in [5.41, 5.74) is 16.1. The van der Waals surface area contributed by atoms with Gasteiger partial charge in [-0.2, -0.15) is 0 Å². The second-order valence-electron chi connectivity index (χ2n) is 16.8. The maximum atomic E-state index is 6.50. The van der Waals surface area contributed by atoms with Gasteiger partial charge in [0.2, 0.25) is 0 Å². The molecule has 2 aliphatic heterocycles. The van der Waals surface area contributed by atoms with Gasteiger partial charge in [-0.25, -0.2) is 0 Å². The number of ether oxygens (including phenoxy) is 1. The summed E-state index contributed by atoms with van der Waals surface area (Å²) in [6, 6.07) is 61.0. The molecule has 0 radical (unpaired) electrons. The Morgan fingerprint density at radius 1 is 0.610 bits per heavy atom. The van der Waals surface area contributed by atoms with Crippen molar-refractivity contribution in [1.29, 1.82) is 0 Å². The van der Waals surface area contributed by atoms with Crippen molar-refractivity contribution in [3.63, 3.8) is 0 Å². The van der Waals surface area contributed by atoms with E-state index in [4.69, 9.17) is 4.74 Å². The Kier molecular flexibility index (Phi) is 8.37. The zero-order chi connectivity index (χ0) is 39.7. The number of anilines is 5. The zero-order valence-corrected chi connectivity index (χ0v) is 33.8. The van der Waals surface area contributed by atoms with Crippen LogP contribution in [0.1, 0.15) is 37.8 Å². The molecule has 0 atom stereocenters. The third-order valence-electron chi connectivity index (χ3n) is 13.1. The van der Waals surface area contributed by atoms with Crippen molar-refractivity contribution < 1.29 is 4.74 Å². The van der Waals surface area contributed by atoms with Crippen LogP contribution in [-0.2, 0) is 11.8 Å². The van der Waals surface area contributed by atoms with Crippen molar-refractivity contribution in [2.45, 2.75) is 38.5 Å². The maximum Gasteiger partial charge on any atom is 0.257 e. The molecule has 8 aromatic carbocycles. The lowest BCUT2D eigenvalue weighted by Gasteiger charge is -2.41. The summed E-state index contributed by atoms with van der Waals surface area (Å²) < 4.78 is 6.50. The van der Waals surface area contributed by atoms with Crippen molar-refractivity contribution >= 4 is 73.1 Å². The Morgan fingerprint density at radius 2 is 1.27 bits per heavy atom. The molecule has 8 aromatic rings. The number of nitrogens with zero attached hydrogens (tertiary/aromatic N) is 2. The van der Waals surface area contributed by atoms with Crippen LogP contribution in [0.3, 0.4) is 0 Å². The molecule has 2 aliphatic carbocycles. The molecule has 284 valence electrons. The van der Waals surface area contributed by atoms with E-state index in [1.54, 1.807) is 11.1 Å². The van der Waals surface area contributed by atoms with Crippen LogP contribution in [0.15, 0.2) is 193 Å². The lowest BCUT2D eigenvalue weighted by molar-refractivity contribution is 0.487. The van der Waals surface area contributed by atoms with Crippen molar-refractivity contribution in [2.75, 3.05) is 16.8 Å². The van der Waals surface area contributed by atoms with E-state index in [0.717, 1.165) is 23.6 Å². The molecule has 3 nitrogen and oxygen atoms in total. The van der Waals surface area contributed by atoms with Crippen LogP contribution < -0.4 is 30.9 Å².